The predicted molar refractivity (Wildman–Crippen MR) is 79.5 cm³/mol. The Bertz CT molecular complexity index is 409. The minimum atomic E-state index is -0.00255. The number of carbonyl (C=O) groups is 1. The molecular weight excluding hydrogens is 268 g/mol. The number of rotatable bonds is 6. The lowest BCUT2D eigenvalue weighted by Gasteiger charge is -2.24. The highest BCUT2D eigenvalue weighted by atomic mass is 35.7. The fraction of sp³-hybridized carbons (Fsp3) is 0.308. The van der Waals surface area contributed by atoms with Crippen LogP contribution in [-0.4, -0.2) is 23.1 Å². The number of para-hydroxylation sites is 1. The van der Waals surface area contributed by atoms with Gasteiger partial charge in [0, 0.05) is 24.9 Å². The summed E-state index contributed by atoms with van der Waals surface area (Å²) in [5.41, 5.74) is 0.954. The molecule has 3 nitrogen and oxygen atoms in total. The van der Waals surface area contributed by atoms with E-state index in [9.17, 15) is 4.79 Å². The fourth-order valence-electron chi connectivity index (χ4n) is 1.54. The molecule has 0 unspecified atom stereocenters. The first-order valence-corrected chi connectivity index (χ1v) is 7.50. The Balaban J connectivity index is 2.77. The van der Waals surface area contributed by atoms with Crippen LogP contribution < -0.4 is 5.32 Å². The summed E-state index contributed by atoms with van der Waals surface area (Å²) >= 11 is 0. The molecule has 1 rings (SSSR count). The molecule has 1 N–H and O–H groups in total. The Hall–Kier alpha value is -1.13. The Morgan fingerprint density at radius 3 is 2.61 bits per heavy atom. The summed E-state index contributed by atoms with van der Waals surface area (Å²) in [5.74, 6) is 1.46. The molecule has 0 aromatic heterocycles. The van der Waals surface area contributed by atoms with Gasteiger partial charge in [-0.15, -0.1) is 0 Å². The van der Waals surface area contributed by atoms with E-state index in [1.807, 2.05) is 43.3 Å². The van der Waals surface area contributed by atoms with Crippen LogP contribution in [0.3, 0.4) is 0 Å². The van der Waals surface area contributed by atoms with Gasteiger partial charge < -0.3 is 5.32 Å². The van der Waals surface area contributed by atoms with Gasteiger partial charge in [-0.25, -0.2) is 0 Å². The van der Waals surface area contributed by atoms with Crippen molar-refractivity contribution in [2.75, 3.05) is 17.6 Å². The number of benzene rings is 1. The fourth-order valence-corrected chi connectivity index (χ4v) is 2.00. The van der Waals surface area contributed by atoms with Gasteiger partial charge in [-0.1, -0.05) is 29.2 Å². The van der Waals surface area contributed by atoms with Crippen molar-refractivity contribution in [2.24, 2.45) is 0 Å². The van der Waals surface area contributed by atoms with Crippen LogP contribution in [0.4, 0.5) is 5.69 Å². The lowest BCUT2D eigenvalue weighted by Crippen LogP contribution is -2.33. The average Bonchev–Trinajstić information content (AvgIpc) is 2.38. The summed E-state index contributed by atoms with van der Waals surface area (Å²) < 4.78 is 0. The maximum absolute atomic E-state index is 11.6. The van der Waals surface area contributed by atoms with Crippen molar-refractivity contribution in [3.05, 3.63) is 42.2 Å². The second-order valence-corrected chi connectivity index (χ2v) is 4.93. The minimum absolute atomic E-state index is 0.00255. The summed E-state index contributed by atoms with van der Waals surface area (Å²) in [5, 5.41) is 3.23. The number of amides is 1. The summed E-state index contributed by atoms with van der Waals surface area (Å²) in [6, 6.07) is 9.76. The molecule has 1 amide bonds. The van der Waals surface area contributed by atoms with E-state index >= 15 is 0 Å². The van der Waals surface area contributed by atoms with Gasteiger partial charge in [0.1, 0.15) is 5.82 Å². The molecular formula is C13H17ClN2OS. The van der Waals surface area contributed by atoms with Crippen molar-refractivity contribution in [3.8, 4) is 0 Å². The molecule has 5 heteroatoms. The van der Waals surface area contributed by atoms with Crippen LogP contribution in [-0.2, 0) is 4.79 Å². The Morgan fingerprint density at radius 2 is 2.11 bits per heavy atom. The smallest absolute Gasteiger partial charge is 0.224 e. The lowest BCUT2D eigenvalue weighted by molar-refractivity contribution is -0.126. The van der Waals surface area contributed by atoms with E-state index in [2.05, 4.69) is 5.32 Å². The third-order valence-electron chi connectivity index (χ3n) is 2.38. The SMILES string of the molecule is C/C=C(\Nc1ccccc1)N(CCSCl)C(C)=O. The molecule has 0 fully saturated rings. The second kappa shape index (κ2) is 8.06. The third kappa shape index (κ3) is 4.63. The van der Waals surface area contributed by atoms with Crippen molar-refractivity contribution in [1.82, 2.24) is 4.90 Å². The van der Waals surface area contributed by atoms with Gasteiger partial charge in [0.15, 0.2) is 0 Å². The van der Waals surface area contributed by atoms with Crippen LogP contribution in [0.25, 0.3) is 0 Å². The van der Waals surface area contributed by atoms with Gasteiger partial charge in [0.25, 0.3) is 0 Å². The van der Waals surface area contributed by atoms with Crippen molar-refractivity contribution in [1.29, 1.82) is 0 Å². The molecule has 0 bridgehead atoms. The largest absolute Gasteiger partial charge is 0.342 e. The second-order valence-electron chi connectivity index (χ2n) is 3.65. The number of anilines is 1. The Morgan fingerprint density at radius 1 is 1.44 bits per heavy atom. The molecule has 0 atom stereocenters. The van der Waals surface area contributed by atoms with Crippen LogP contribution >= 0.6 is 21.7 Å². The van der Waals surface area contributed by atoms with Gasteiger partial charge in [-0.2, -0.15) is 0 Å². The molecule has 0 saturated heterocycles. The molecule has 1 aromatic rings. The molecule has 0 radical (unpaired) electrons. The number of allylic oxidation sites excluding steroid dienone is 1. The summed E-state index contributed by atoms with van der Waals surface area (Å²) in [4.78, 5) is 13.3. The number of nitrogens with one attached hydrogen (secondary N) is 1. The van der Waals surface area contributed by atoms with E-state index in [-0.39, 0.29) is 5.91 Å². The summed E-state index contributed by atoms with van der Waals surface area (Å²) in [6.07, 6.45) is 1.88. The van der Waals surface area contributed by atoms with Gasteiger partial charge in [-0.3, -0.25) is 9.69 Å². The highest BCUT2D eigenvalue weighted by Crippen LogP contribution is 2.14. The molecule has 0 aliphatic heterocycles. The van der Waals surface area contributed by atoms with Crippen molar-refractivity contribution in [3.63, 3.8) is 0 Å². The first-order valence-electron chi connectivity index (χ1n) is 5.69. The Labute approximate surface area is 117 Å². The molecule has 98 valence electrons. The topological polar surface area (TPSA) is 32.3 Å². The quantitative estimate of drug-likeness (QED) is 0.864. The monoisotopic (exact) mass is 284 g/mol. The highest BCUT2D eigenvalue weighted by molar-refractivity contribution is 8.21. The zero-order valence-corrected chi connectivity index (χ0v) is 12.1. The van der Waals surface area contributed by atoms with Crippen LogP contribution in [0.15, 0.2) is 42.2 Å². The Kier molecular flexibility index (Phi) is 6.68. The van der Waals surface area contributed by atoms with Crippen LogP contribution in [0, 0.1) is 0 Å². The molecule has 0 spiro atoms. The first-order chi connectivity index (χ1) is 8.69. The summed E-state index contributed by atoms with van der Waals surface area (Å²) in [7, 11) is 6.80. The maximum atomic E-state index is 11.6. The van der Waals surface area contributed by atoms with E-state index in [0.29, 0.717) is 12.3 Å². The number of hydrogen-bond acceptors (Lipinski definition) is 3. The minimum Gasteiger partial charge on any atom is -0.342 e. The van der Waals surface area contributed by atoms with Crippen molar-refractivity contribution < 1.29 is 4.79 Å². The molecule has 0 aliphatic carbocycles. The van der Waals surface area contributed by atoms with Crippen LogP contribution in [0.1, 0.15) is 13.8 Å². The van der Waals surface area contributed by atoms with Gasteiger partial charge in [0.2, 0.25) is 5.91 Å². The first kappa shape index (κ1) is 14.9. The lowest BCUT2D eigenvalue weighted by atomic mass is 10.3. The number of halogens is 1. The van der Waals surface area contributed by atoms with Crippen molar-refractivity contribution in [2.45, 2.75) is 13.8 Å². The van der Waals surface area contributed by atoms with E-state index in [1.165, 1.54) is 11.0 Å². The standard InChI is InChI=1S/C13H17ClN2OS/c1-3-13(15-12-7-5-4-6-8-12)16(11(2)17)9-10-18-14/h3-8,15H,9-10H2,1-2H3/b13-3+. The number of hydrogen-bond donors (Lipinski definition) is 1. The zero-order valence-electron chi connectivity index (χ0n) is 10.5. The van der Waals surface area contributed by atoms with E-state index in [1.54, 1.807) is 11.8 Å². The van der Waals surface area contributed by atoms with Gasteiger partial charge in [-0.05, 0) is 35.8 Å². The van der Waals surface area contributed by atoms with Crippen LogP contribution in [0.5, 0.6) is 0 Å². The molecule has 1 aromatic carbocycles. The van der Waals surface area contributed by atoms with Crippen molar-refractivity contribution >= 4 is 33.3 Å². The maximum Gasteiger partial charge on any atom is 0.224 e. The van der Waals surface area contributed by atoms with Gasteiger partial charge in [0.05, 0.1) is 0 Å². The van der Waals surface area contributed by atoms with E-state index < -0.39 is 0 Å². The number of carbonyl (C=O) groups excluding carboxylic acids is 1. The average molecular weight is 285 g/mol. The predicted octanol–water partition coefficient (Wildman–Crippen LogP) is 3.70. The molecule has 0 heterocycles. The highest BCUT2D eigenvalue weighted by Gasteiger charge is 2.13. The summed E-state index contributed by atoms with van der Waals surface area (Å²) in [6.45, 7) is 4.03. The molecule has 18 heavy (non-hydrogen) atoms. The zero-order chi connectivity index (χ0) is 13.4. The van der Waals surface area contributed by atoms with Gasteiger partial charge >= 0.3 is 0 Å². The van der Waals surface area contributed by atoms with E-state index in [0.717, 1.165) is 11.5 Å². The normalized spacial score (nSPS) is 11.2. The third-order valence-corrected chi connectivity index (χ3v) is 3.18. The van der Waals surface area contributed by atoms with Crippen LogP contribution in [0.2, 0.25) is 0 Å². The molecule has 0 aliphatic rings. The molecule has 0 saturated carbocycles. The number of nitrogens with zero attached hydrogens (tertiary/aromatic N) is 1. The van der Waals surface area contributed by atoms with E-state index in [4.69, 9.17) is 10.7 Å².